The fourth-order valence-electron chi connectivity index (χ4n) is 4.37. The van der Waals surface area contributed by atoms with E-state index < -0.39 is 23.5 Å². The number of aryl methyl sites for hydroxylation is 1. The number of carbonyl (C=O) groups excluding carboxylic acids is 1. The largest absolute Gasteiger partial charge is 0.463 e. The zero-order valence-corrected chi connectivity index (χ0v) is 20.8. The predicted molar refractivity (Wildman–Crippen MR) is 133 cm³/mol. The van der Waals surface area contributed by atoms with Gasteiger partial charge in [-0.25, -0.2) is 24.1 Å². The highest BCUT2D eigenvalue weighted by atomic mass is 19.4. The highest BCUT2D eigenvalue weighted by molar-refractivity contribution is 5.93. The van der Waals surface area contributed by atoms with Crippen LogP contribution in [-0.2, 0) is 17.5 Å². The summed E-state index contributed by atoms with van der Waals surface area (Å²) in [7, 11) is 1.22. The van der Waals surface area contributed by atoms with Crippen LogP contribution in [0.5, 0.6) is 0 Å². The van der Waals surface area contributed by atoms with Gasteiger partial charge in [-0.15, -0.1) is 0 Å². The van der Waals surface area contributed by atoms with Crippen molar-refractivity contribution < 1.29 is 27.1 Å². The second-order valence-electron chi connectivity index (χ2n) is 9.42. The van der Waals surface area contributed by atoms with E-state index in [9.17, 15) is 22.4 Å². The molecule has 198 valence electrons. The lowest BCUT2D eigenvalue weighted by Gasteiger charge is -2.15. The van der Waals surface area contributed by atoms with Crippen LogP contribution in [0, 0.1) is 18.7 Å². The predicted octanol–water partition coefficient (Wildman–Crippen LogP) is 6.01. The van der Waals surface area contributed by atoms with E-state index in [1.54, 1.807) is 4.57 Å². The van der Waals surface area contributed by atoms with Gasteiger partial charge < -0.3 is 14.6 Å². The van der Waals surface area contributed by atoms with Gasteiger partial charge in [-0.2, -0.15) is 13.2 Å². The summed E-state index contributed by atoms with van der Waals surface area (Å²) in [5.74, 6) is -0.895. The van der Waals surface area contributed by atoms with Gasteiger partial charge in [-0.05, 0) is 43.0 Å². The number of esters is 1. The number of fused-ring (bicyclic) bond motifs is 1. The number of alkyl halides is 3. The topological polar surface area (TPSA) is 81.9 Å². The summed E-state index contributed by atoms with van der Waals surface area (Å²) >= 11 is 0. The van der Waals surface area contributed by atoms with Gasteiger partial charge in [0.15, 0.2) is 11.5 Å². The van der Waals surface area contributed by atoms with Crippen LogP contribution in [0.4, 0.5) is 23.4 Å². The molecule has 11 heteroatoms. The van der Waals surface area contributed by atoms with Crippen LogP contribution in [0.15, 0.2) is 42.5 Å². The summed E-state index contributed by atoms with van der Waals surface area (Å²) in [4.78, 5) is 25.7. The molecular weight excluding hydrogens is 502 g/mol. The highest BCUT2D eigenvalue weighted by Crippen LogP contribution is 2.35. The molecule has 0 bridgehead atoms. The first-order chi connectivity index (χ1) is 18.1. The number of ether oxygens (including phenoxy) is 1. The summed E-state index contributed by atoms with van der Waals surface area (Å²) < 4.78 is 60.8. The second-order valence-corrected chi connectivity index (χ2v) is 9.42. The lowest BCUT2D eigenvalue weighted by molar-refractivity contribution is -0.140. The van der Waals surface area contributed by atoms with Crippen LogP contribution in [0.1, 0.15) is 46.6 Å². The summed E-state index contributed by atoms with van der Waals surface area (Å²) in [6.45, 7) is 2.42. The number of methoxy groups -OCH3 is 1. The quantitative estimate of drug-likeness (QED) is 0.223. The first-order valence-corrected chi connectivity index (χ1v) is 12.2. The summed E-state index contributed by atoms with van der Waals surface area (Å²) in [5, 5.41) is 3.27. The van der Waals surface area contributed by atoms with Gasteiger partial charge >= 0.3 is 12.1 Å². The molecule has 0 aliphatic heterocycles. The van der Waals surface area contributed by atoms with Crippen molar-refractivity contribution >= 4 is 23.0 Å². The first kappa shape index (κ1) is 25.6. The van der Waals surface area contributed by atoms with Crippen molar-refractivity contribution in [3.05, 3.63) is 70.8 Å². The Morgan fingerprint density at radius 3 is 2.61 bits per heavy atom. The van der Waals surface area contributed by atoms with Gasteiger partial charge in [0.1, 0.15) is 17.2 Å². The van der Waals surface area contributed by atoms with Crippen molar-refractivity contribution in [2.45, 2.75) is 38.9 Å². The molecule has 7 nitrogen and oxygen atoms in total. The van der Waals surface area contributed by atoms with Gasteiger partial charge in [0.2, 0.25) is 5.82 Å². The van der Waals surface area contributed by atoms with E-state index in [4.69, 9.17) is 4.74 Å². The van der Waals surface area contributed by atoms with Crippen molar-refractivity contribution in [2.75, 3.05) is 19.0 Å². The standard InChI is InChI=1S/C27H25F4N5O2/c1-15-4-3-5-18(12-15)25-35-23-21(36(25)14-17-8-9-20(28)19(13-17)27(29,30)31)22(32-11-10-16-6-7-16)33-24(34-23)26(37)38-2/h3-5,8-9,12-13,16H,6-7,10-11,14H2,1-2H3,(H,32,33,34). The second kappa shape index (κ2) is 10.0. The van der Waals surface area contributed by atoms with Crippen LogP contribution in [-0.4, -0.2) is 39.1 Å². The molecule has 2 aromatic carbocycles. The molecule has 2 heterocycles. The summed E-state index contributed by atoms with van der Waals surface area (Å²) in [6, 6.07) is 10.4. The van der Waals surface area contributed by atoms with Crippen LogP contribution < -0.4 is 5.32 Å². The third-order valence-corrected chi connectivity index (χ3v) is 6.47. The number of rotatable bonds is 8. The van der Waals surface area contributed by atoms with Crippen molar-refractivity contribution in [3.63, 3.8) is 0 Å². The van der Waals surface area contributed by atoms with Crippen molar-refractivity contribution in [2.24, 2.45) is 5.92 Å². The number of hydrogen-bond donors (Lipinski definition) is 1. The monoisotopic (exact) mass is 527 g/mol. The number of nitrogens with one attached hydrogen (secondary N) is 1. The Morgan fingerprint density at radius 1 is 1.13 bits per heavy atom. The number of nitrogens with zero attached hydrogens (tertiary/aromatic N) is 4. The average molecular weight is 528 g/mol. The number of imidazole rings is 1. The Labute approximate surface area is 215 Å². The van der Waals surface area contributed by atoms with E-state index in [1.807, 2.05) is 31.2 Å². The van der Waals surface area contributed by atoms with Gasteiger partial charge in [-0.3, -0.25) is 0 Å². The van der Waals surface area contributed by atoms with Crippen LogP contribution in [0.25, 0.3) is 22.6 Å². The first-order valence-electron chi connectivity index (χ1n) is 12.2. The number of hydrogen-bond acceptors (Lipinski definition) is 6. The minimum Gasteiger partial charge on any atom is -0.463 e. The Kier molecular flexibility index (Phi) is 6.77. The molecule has 0 spiro atoms. The maximum Gasteiger partial charge on any atom is 0.419 e. The molecule has 4 aromatic rings. The molecule has 0 amide bonds. The van der Waals surface area contributed by atoms with Crippen LogP contribution in [0.2, 0.25) is 0 Å². The lowest BCUT2D eigenvalue weighted by atomic mass is 10.1. The van der Waals surface area contributed by atoms with Gasteiger partial charge in [0.05, 0.1) is 12.7 Å². The molecule has 1 N–H and O–H groups in total. The van der Waals surface area contributed by atoms with E-state index >= 15 is 0 Å². The van der Waals surface area contributed by atoms with E-state index in [1.165, 1.54) is 13.2 Å². The lowest BCUT2D eigenvalue weighted by Crippen LogP contribution is -2.14. The van der Waals surface area contributed by atoms with Gasteiger partial charge in [0, 0.05) is 18.7 Å². The summed E-state index contributed by atoms with van der Waals surface area (Å²) in [6.07, 6.45) is -1.61. The number of aromatic nitrogens is 4. The zero-order chi connectivity index (χ0) is 27.0. The SMILES string of the molecule is COC(=O)c1nc(NCCC2CC2)c2c(n1)nc(-c1cccc(C)c1)n2Cc1ccc(F)c(C(F)(F)F)c1. The smallest absolute Gasteiger partial charge is 0.419 e. The minimum atomic E-state index is -4.84. The number of anilines is 1. The minimum absolute atomic E-state index is 0.0681. The highest BCUT2D eigenvalue weighted by Gasteiger charge is 2.34. The van der Waals surface area contributed by atoms with Crippen LogP contribution in [0.3, 0.4) is 0 Å². The van der Waals surface area contributed by atoms with E-state index in [0.29, 0.717) is 35.2 Å². The average Bonchev–Trinajstić information content (AvgIpc) is 3.63. The molecule has 5 rings (SSSR count). The van der Waals surface area contributed by atoms with E-state index in [-0.39, 0.29) is 23.6 Å². The molecule has 0 unspecified atom stereocenters. The molecule has 1 fully saturated rings. The molecule has 2 aromatic heterocycles. The Morgan fingerprint density at radius 2 is 1.92 bits per heavy atom. The maximum atomic E-state index is 14.0. The van der Waals surface area contributed by atoms with E-state index in [0.717, 1.165) is 37.0 Å². The number of carbonyl (C=O) groups is 1. The number of benzene rings is 2. The van der Waals surface area contributed by atoms with Crippen molar-refractivity contribution in [3.8, 4) is 11.4 Å². The fraction of sp³-hybridized carbons (Fsp3) is 0.333. The molecule has 1 aliphatic carbocycles. The van der Waals surface area contributed by atoms with Crippen LogP contribution >= 0.6 is 0 Å². The summed E-state index contributed by atoms with van der Waals surface area (Å²) in [5.41, 5.74) is 1.12. The molecule has 0 radical (unpaired) electrons. The van der Waals surface area contributed by atoms with Crippen molar-refractivity contribution in [1.82, 2.24) is 19.5 Å². The normalized spacial score (nSPS) is 13.6. The van der Waals surface area contributed by atoms with Crippen molar-refractivity contribution in [1.29, 1.82) is 0 Å². The van der Waals surface area contributed by atoms with E-state index in [2.05, 4.69) is 20.3 Å². The third-order valence-electron chi connectivity index (χ3n) is 6.47. The molecule has 0 atom stereocenters. The molecular formula is C27H25F4N5O2. The molecule has 1 aliphatic rings. The number of halogens is 4. The Balaban J connectivity index is 1.69. The Bertz CT molecular complexity index is 1510. The molecule has 0 saturated heterocycles. The maximum absolute atomic E-state index is 14.0. The van der Waals surface area contributed by atoms with Gasteiger partial charge in [0.25, 0.3) is 0 Å². The molecule has 38 heavy (non-hydrogen) atoms. The fourth-order valence-corrected chi connectivity index (χ4v) is 4.37. The molecule has 1 saturated carbocycles. The zero-order valence-electron chi connectivity index (χ0n) is 20.8. The van der Waals surface area contributed by atoms with Gasteiger partial charge in [-0.1, -0.05) is 42.7 Å². The third kappa shape index (κ3) is 5.32. The Hall–Kier alpha value is -4.02.